The number of hydrogen-bond acceptors (Lipinski definition) is 10. The normalized spacial score (nSPS) is 10.4. The molecule has 0 aliphatic rings. The van der Waals surface area contributed by atoms with Crippen molar-refractivity contribution in [1.82, 2.24) is 4.90 Å². The Hall–Kier alpha value is -3.80. The van der Waals surface area contributed by atoms with Crippen molar-refractivity contribution in [1.29, 1.82) is 0 Å². The molecule has 0 fully saturated rings. The van der Waals surface area contributed by atoms with Gasteiger partial charge in [0.1, 0.15) is 16.3 Å². The molecule has 0 atom stereocenters. The zero-order chi connectivity index (χ0) is 27.7. The highest BCUT2D eigenvalue weighted by Gasteiger charge is 2.28. The molecule has 0 radical (unpaired) electrons. The molecule has 37 heavy (non-hydrogen) atoms. The number of carbonyl (C=O) groups is 4. The summed E-state index contributed by atoms with van der Waals surface area (Å²) in [5.74, 6) is -1.68. The van der Waals surface area contributed by atoms with Gasteiger partial charge in [-0.3, -0.25) is 9.59 Å². The predicted molar refractivity (Wildman–Crippen MR) is 137 cm³/mol. The first kappa shape index (κ1) is 29.4. The van der Waals surface area contributed by atoms with Crippen LogP contribution in [-0.2, 0) is 14.3 Å². The van der Waals surface area contributed by atoms with Crippen molar-refractivity contribution in [2.45, 2.75) is 27.7 Å². The van der Waals surface area contributed by atoms with E-state index in [1.165, 1.54) is 33.5 Å². The van der Waals surface area contributed by atoms with Gasteiger partial charge in [-0.05, 0) is 33.3 Å². The fourth-order valence-electron chi connectivity index (χ4n) is 3.47. The number of anilines is 1. The second-order valence-electron chi connectivity index (χ2n) is 7.49. The summed E-state index contributed by atoms with van der Waals surface area (Å²) in [7, 11) is 4.23. The van der Waals surface area contributed by atoms with Crippen molar-refractivity contribution >= 4 is 40.1 Å². The molecule has 2 aromatic rings. The topological polar surface area (TPSA) is 130 Å². The van der Waals surface area contributed by atoms with Crippen LogP contribution in [0, 0.1) is 6.92 Å². The van der Waals surface area contributed by atoms with E-state index in [1.54, 1.807) is 18.7 Å². The molecule has 1 N–H and O–H groups in total. The Morgan fingerprint density at radius 3 is 2.00 bits per heavy atom. The molecule has 1 heterocycles. The minimum atomic E-state index is -0.835. The van der Waals surface area contributed by atoms with Gasteiger partial charge in [-0.2, -0.15) is 0 Å². The first-order chi connectivity index (χ1) is 17.7. The number of carbonyl (C=O) groups excluding carboxylic acids is 4. The van der Waals surface area contributed by atoms with Crippen molar-refractivity contribution < 1.29 is 42.9 Å². The van der Waals surface area contributed by atoms with E-state index in [0.717, 1.165) is 11.3 Å². The van der Waals surface area contributed by atoms with Crippen LogP contribution in [0.15, 0.2) is 12.1 Å². The van der Waals surface area contributed by atoms with Gasteiger partial charge in [0.2, 0.25) is 0 Å². The molecule has 11 nitrogen and oxygen atoms in total. The number of nitrogens with one attached hydrogen (secondary N) is 1. The number of nitrogens with zero attached hydrogens (tertiary/aromatic N) is 1. The first-order valence-corrected chi connectivity index (χ1v) is 12.3. The highest BCUT2D eigenvalue weighted by molar-refractivity contribution is 7.18. The van der Waals surface area contributed by atoms with Gasteiger partial charge in [0, 0.05) is 25.2 Å². The largest absolute Gasteiger partial charge is 0.496 e. The maximum absolute atomic E-state index is 13.0. The molecule has 0 unspecified atom stereocenters. The minimum absolute atomic E-state index is 0.0271. The summed E-state index contributed by atoms with van der Waals surface area (Å²) in [6.07, 6.45) is 0. The van der Waals surface area contributed by atoms with Crippen LogP contribution in [0.3, 0.4) is 0 Å². The van der Waals surface area contributed by atoms with E-state index < -0.39 is 24.5 Å². The van der Waals surface area contributed by atoms with E-state index >= 15 is 0 Å². The molecule has 0 saturated heterocycles. The van der Waals surface area contributed by atoms with Crippen LogP contribution in [0.4, 0.5) is 5.00 Å². The lowest BCUT2D eigenvalue weighted by Crippen LogP contribution is -2.30. The van der Waals surface area contributed by atoms with E-state index in [9.17, 15) is 19.2 Å². The maximum Gasteiger partial charge on any atom is 0.342 e. The number of benzene rings is 1. The molecule has 202 valence electrons. The van der Waals surface area contributed by atoms with Gasteiger partial charge in [0.15, 0.2) is 18.1 Å². The number of thiophene rings is 1. The Labute approximate surface area is 219 Å². The molecular weight excluding hydrogens is 504 g/mol. The van der Waals surface area contributed by atoms with Crippen LogP contribution in [0.5, 0.6) is 17.2 Å². The zero-order valence-electron chi connectivity index (χ0n) is 22.0. The SMILES string of the molecule is CCOC(=O)c1c(NC(=O)COC(=O)c2cc(OC)c(OC)cc2OC)sc(C(=O)N(CC)CC)c1C. The summed E-state index contributed by atoms with van der Waals surface area (Å²) < 4.78 is 25.9. The van der Waals surface area contributed by atoms with Gasteiger partial charge in [-0.15, -0.1) is 11.3 Å². The fourth-order valence-corrected chi connectivity index (χ4v) is 4.65. The summed E-state index contributed by atoms with van der Waals surface area (Å²) >= 11 is 0.967. The van der Waals surface area contributed by atoms with Gasteiger partial charge >= 0.3 is 11.9 Å². The smallest absolute Gasteiger partial charge is 0.342 e. The van der Waals surface area contributed by atoms with Gasteiger partial charge in [-0.25, -0.2) is 9.59 Å². The molecular formula is C25H32N2O9S. The molecule has 2 rings (SSSR count). The van der Waals surface area contributed by atoms with Crippen LogP contribution in [0.2, 0.25) is 0 Å². The van der Waals surface area contributed by atoms with Crippen LogP contribution < -0.4 is 19.5 Å². The van der Waals surface area contributed by atoms with Crippen LogP contribution in [0.1, 0.15) is 56.7 Å². The third-order valence-corrected chi connectivity index (χ3v) is 6.58. The Balaban J connectivity index is 2.27. The minimum Gasteiger partial charge on any atom is -0.496 e. The van der Waals surface area contributed by atoms with E-state index in [2.05, 4.69) is 5.32 Å². The van der Waals surface area contributed by atoms with Gasteiger partial charge in [0.05, 0.1) is 38.4 Å². The van der Waals surface area contributed by atoms with Crippen molar-refractivity contribution in [3.63, 3.8) is 0 Å². The lowest BCUT2D eigenvalue weighted by atomic mass is 10.1. The molecule has 0 saturated carbocycles. The molecule has 2 amide bonds. The number of methoxy groups -OCH3 is 3. The summed E-state index contributed by atoms with van der Waals surface area (Å²) in [6, 6.07) is 2.84. The molecule has 1 aromatic carbocycles. The lowest BCUT2D eigenvalue weighted by Gasteiger charge is -2.18. The average Bonchev–Trinajstić information content (AvgIpc) is 3.22. The van der Waals surface area contributed by atoms with E-state index in [0.29, 0.717) is 29.3 Å². The Morgan fingerprint density at radius 1 is 0.865 bits per heavy atom. The second-order valence-corrected chi connectivity index (χ2v) is 8.51. The Morgan fingerprint density at radius 2 is 1.46 bits per heavy atom. The Bertz CT molecular complexity index is 1160. The van der Waals surface area contributed by atoms with E-state index in [4.69, 9.17) is 23.7 Å². The molecule has 1 aromatic heterocycles. The van der Waals surface area contributed by atoms with Crippen molar-refractivity contribution in [3.8, 4) is 17.2 Å². The third-order valence-electron chi connectivity index (χ3n) is 5.38. The number of ether oxygens (including phenoxy) is 5. The molecule has 0 aliphatic heterocycles. The molecule has 0 aliphatic carbocycles. The average molecular weight is 537 g/mol. The summed E-state index contributed by atoms with van der Waals surface area (Å²) in [5, 5.41) is 2.71. The number of rotatable bonds is 12. The number of esters is 2. The number of amides is 2. The number of hydrogen-bond donors (Lipinski definition) is 1. The van der Waals surface area contributed by atoms with Gasteiger partial charge < -0.3 is 33.9 Å². The van der Waals surface area contributed by atoms with E-state index in [1.807, 2.05) is 13.8 Å². The standard InChI is InChI=1S/C25H32N2O9S/c1-8-27(9-2)23(29)21-14(4)20(25(31)35-10-3)22(37-21)26-19(28)13-36-24(30)15-11-17(33-6)18(34-7)12-16(15)32-5/h11-12H,8-10,13H2,1-7H3,(H,26,28). The monoisotopic (exact) mass is 536 g/mol. The lowest BCUT2D eigenvalue weighted by molar-refractivity contribution is -0.119. The highest BCUT2D eigenvalue weighted by Crippen LogP contribution is 2.36. The van der Waals surface area contributed by atoms with Crippen molar-refractivity contribution in [3.05, 3.63) is 33.7 Å². The summed E-state index contributed by atoms with van der Waals surface area (Å²) in [4.78, 5) is 52.9. The highest BCUT2D eigenvalue weighted by atomic mass is 32.1. The van der Waals surface area contributed by atoms with Crippen molar-refractivity contribution in [2.75, 3.05) is 52.9 Å². The fraction of sp³-hybridized carbons (Fsp3) is 0.440. The second kappa shape index (κ2) is 13.5. The van der Waals surface area contributed by atoms with Crippen LogP contribution in [-0.4, -0.2) is 76.3 Å². The van der Waals surface area contributed by atoms with Gasteiger partial charge in [0.25, 0.3) is 11.8 Å². The predicted octanol–water partition coefficient (Wildman–Crippen LogP) is 3.54. The third kappa shape index (κ3) is 6.70. The zero-order valence-corrected chi connectivity index (χ0v) is 22.8. The first-order valence-electron chi connectivity index (χ1n) is 11.5. The quantitative estimate of drug-likeness (QED) is 0.405. The summed E-state index contributed by atoms with van der Waals surface area (Å²) in [5.41, 5.74) is 0.519. The molecule has 0 spiro atoms. The van der Waals surface area contributed by atoms with Crippen molar-refractivity contribution in [2.24, 2.45) is 0 Å². The Kier molecular flexibility index (Phi) is 10.7. The van der Waals surface area contributed by atoms with Crippen LogP contribution >= 0.6 is 11.3 Å². The molecule has 12 heteroatoms. The maximum atomic E-state index is 13.0. The molecule has 0 bridgehead atoms. The van der Waals surface area contributed by atoms with E-state index in [-0.39, 0.29) is 40.1 Å². The van der Waals surface area contributed by atoms with Gasteiger partial charge in [-0.1, -0.05) is 0 Å². The summed E-state index contributed by atoms with van der Waals surface area (Å²) in [6.45, 7) is 7.40. The van der Waals surface area contributed by atoms with Crippen LogP contribution in [0.25, 0.3) is 0 Å².